The lowest BCUT2D eigenvalue weighted by Crippen LogP contribution is -2.43. The quantitative estimate of drug-likeness (QED) is 0.807. The Labute approximate surface area is 140 Å². The summed E-state index contributed by atoms with van der Waals surface area (Å²) in [7, 11) is 0. The molecule has 0 aliphatic carbocycles. The first kappa shape index (κ1) is 17.3. The number of piperidine rings is 1. The van der Waals surface area contributed by atoms with E-state index >= 15 is 0 Å². The van der Waals surface area contributed by atoms with Crippen molar-refractivity contribution < 1.29 is 14.4 Å². The van der Waals surface area contributed by atoms with Gasteiger partial charge in [-0.25, -0.2) is 0 Å². The molecule has 1 saturated heterocycles. The fourth-order valence-corrected chi connectivity index (χ4v) is 3.16. The molecule has 0 saturated carbocycles. The Morgan fingerprint density at radius 2 is 1.83 bits per heavy atom. The van der Waals surface area contributed by atoms with E-state index in [1.54, 1.807) is 4.90 Å². The molecule has 1 aliphatic rings. The van der Waals surface area contributed by atoms with Crippen molar-refractivity contribution in [2.24, 2.45) is 17.6 Å². The molecule has 0 unspecified atom stereocenters. The molecule has 3 amide bonds. The van der Waals surface area contributed by atoms with E-state index in [2.05, 4.69) is 19.2 Å². The first-order valence-electron chi connectivity index (χ1n) is 7.47. The van der Waals surface area contributed by atoms with Gasteiger partial charge in [-0.3, -0.25) is 14.4 Å². The lowest BCUT2D eigenvalue weighted by molar-refractivity contribution is -0.134. The fourth-order valence-electron chi connectivity index (χ4n) is 2.99. The molecule has 2 rings (SSSR count). The summed E-state index contributed by atoms with van der Waals surface area (Å²) in [6.07, 6.45) is 1.07. The number of nitrogens with zero attached hydrogens (tertiary/aromatic N) is 1. The number of benzene rings is 1. The van der Waals surface area contributed by atoms with Gasteiger partial charge in [0.15, 0.2) is 0 Å². The number of rotatable bonds is 2. The highest BCUT2D eigenvalue weighted by Gasteiger charge is 2.28. The number of hydrogen-bond donors (Lipinski definition) is 2. The van der Waals surface area contributed by atoms with Crippen LogP contribution in [0.2, 0.25) is 5.02 Å². The van der Waals surface area contributed by atoms with E-state index < -0.39 is 11.8 Å². The molecule has 6 nitrogen and oxygen atoms in total. The largest absolute Gasteiger partial charge is 0.361 e. The minimum Gasteiger partial charge on any atom is -0.361 e. The number of likely N-dealkylation sites (tertiary alicyclic amines) is 1. The Bertz CT molecular complexity index is 637. The van der Waals surface area contributed by atoms with Crippen molar-refractivity contribution >= 4 is 35.0 Å². The Morgan fingerprint density at radius 1 is 1.22 bits per heavy atom. The highest BCUT2D eigenvalue weighted by molar-refractivity contribution is 6.39. The Morgan fingerprint density at radius 3 is 2.39 bits per heavy atom. The van der Waals surface area contributed by atoms with Crippen molar-refractivity contribution in [3.05, 3.63) is 28.8 Å². The SMILES string of the molecule is C[C@@H]1C[C@H](C)CN(C(=O)c2cc(Cl)ccc2NC(=O)C(N)=O)C1. The van der Waals surface area contributed by atoms with E-state index in [-0.39, 0.29) is 17.2 Å². The van der Waals surface area contributed by atoms with Gasteiger partial charge in [0, 0.05) is 18.1 Å². The van der Waals surface area contributed by atoms with Gasteiger partial charge in [-0.05, 0) is 36.5 Å². The molecule has 0 bridgehead atoms. The summed E-state index contributed by atoms with van der Waals surface area (Å²) >= 11 is 5.98. The minimum atomic E-state index is -1.11. The van der Waals surface area contributed by atoms with Crippen molar-refractivity contribution in [1.29, 1.82) is 0 Å². The van der Waals surface area contributed by atoms with Gasteiger partial charge < -0.3 is 16.0 Å². The van der Waals surface area contributed by atoms with E-state index in [1.807, 2.05) is 0 Å². The third-order valence-electron chi connectivity index (χ3n) is 3.84. The van der Waals surface area contributed by atoms with Gasteiger partial charge in [0.1, 0.15) is 0 Å². The second kappa shape index (κ2) is 7.00. The summed E-state index contributed by atoms with van der Waals surface area (Å²) < 4.78 is 0. The smallest absolute Gasteiger partial charge is 0.313 e. The molecule has 1 aromatic carbocycles. The Balaban J connectivity index is 2.29. The molecule has 7 heteroatoms. The number of nitrogens with one attached hydrogen (secondary N) is 1. The number of anilines is 1. The molecule has 23 heavy (non-hydrogen) atoms. The molecule has 124 valence electrons. The van der Waals surface area contributed by atoms with E-state index in [1.165, 1.54) is 18.2 Å². The lowest BCUT2D eigenvalue weighted by Gasteiger charge is -2.35. The summed E-state index contributed by atoms with van der Waals surface area (Å²) in [6.45, 7) is 5.51. The van der Waals surface area contributed by atoms with Crippen LogP contribution in [0.4, 0.5) is 5.69 Å². The topological polar surface area (TPSA) is 92.5 Å². The third kappa shape index (κ3) is 4.22. The summed E-state index contributed by atoms with van der Waals surface area (Å²) in [6, 6.07) is 4.52. The van der Waals surface area contributed by atoms with Gasteiger partial charge in [0.2, 0.25) is 0 Å². The van der Waals surface area contributed by atoms with Gasteiger partial charge in [0.05, 0.1) is 11.3 Å². The standard InChI is InChI=1S/C16H20ClN3O3/c1-9-5-10(2)8-20(7-9)16(23)12-6-11(17)3-4-13(12)19-15(22)14(18)21/h3-4,6,9-10H,5,7-8H2,1-2H3,(H2,18,21)(H,19,22)/t9-,10+. The van der Waals surface area contributed by atoms with Crippen molar-refractivity contribution in [2.75, 3.05) is 18.4 Å². The lowest BCUT2D eigenvalue weighted by atomic mass is 9.91. The monoisotopic (exact) mass is 337 g/mol. The van der Waals surface area contributed by atoms with Crippen LogP contribution < -0.4 is 11.1 Å². The van der Waals surface area contributed by atoms with Crippen LogP contribution in [0.3, 0.4) is 0 Å². The number of nitrogens with two attached hydrogens (primary N) is 1. The summed E-state index contributed by atoms with van der Waals surface area (Å²) in [5.41, 5.74) is 5.44. The van der Waals surface area contributed by atoms with Gasteiger partial charge in [-0.2, -0.15) is 0 Å². The maximum Gasteiger partial charge on any atom is 0.313 e. The molecule has 1 fully saturated rings. The zero-order valence-electron chi connectivity index (χ0n) is 13.1. The number of amides is 3. The van der Waals surface area contributed by atoms with Crippen LogP contribution in [0.25, 0.3) is 0 Å². The van der Waals surface area contributed by atoms with Crippen LogP contribution in [0.15, 0.2) is 18.2 Å². The van der Waals surface area contributed by atoms with Crippen molar-refractivity contribution in [1.82, 2.24) is 4.90 Å². The van der Waals surface area contributed by atoms with E-state index in [0.29, 0.717) is 29.9 Å². The second-order valence-corrected chi connectivity index (χ2v) is 6.60. The number of carbonyl (C=O) groups is 3. The molecule has 1 heterocycles. The number of primary amides is 1. The minimum absolute atomic E-state index is 0.217. The van der Waals surface area contributed by atoms with Crippen molar-refractivity contribution in [2.45, 2.75) is 20.3 Å². The van der Waals surface area contributed by atoms with Crippen LogP contribution in [-0.2, 0) is 9.59 Å². The molecule has 3 N–H and O–H groups in total. The zero-order chi connectivity index (χ0) is 17.1. The summed E-state index contributed by atoms with van der Waals surface area (Å²) in [5.74, 6) is -1.48. The molecule has 1 aromatic rings. The second-order valence-electron chi connectivity index (χ2n) is 6.16. The number of halogens is 1. The van der Waals surface area contributed by atoms with E-state index in [0.717, 1.165) is 6.42 Å². The highest BCUT2D eigenvalue weighted by Crippen LogP contribution is 2.26. The summed E-state index contributed by atoms with van der Waals surface area (Å²) in [4.78, 5) is 37.0. The molecule has 0 aromatic heterocycles. The third-order valence-corrected chi connectivity index (χ3v) is 4.08. The highest BCUT2D eigenvalue weighted by atomic mass is 35.5. The van der Waals surface area contributed by atoms with Gasteiger partial charge in [-0.15, -0.1) is 0 Å². The maximum atomic E-state index is 12.8. The molecule has 2 atom stereocenters. The van der Waals surface area contributed by atoms with Crippen LogP contribution in [-0.4, -0.2) is 35.7 Å². The van der Waals surface area contributed by atoms with Crippen LogP contribution in [0.1, 0.15) is 30.6 Å². The average molecular weight is 338 g/mol. The van der Waals surface area contributed by atoms with E-state index in [4.69, 9.17) is 17.3 Å². The normalized spacial score (nSPS) is 20.9. The van der Waals surface area contributed by atoms with Crippen LogP contribution in [0.5, 0.6) is 0 Å². The predicted molar refractivity (Wildman–Crippen MR) is 88.1 cm³/mol. The van der Waals surface area contributed by atoms with E-state index in [9.17, 15) is 14.4 Å². The first-order valence-corrected chi connectivity index (χ1v) is 7.85. The molecular formula is C16H20ClN3O3. The van der Waals surface area contributed by atoms with Crippen molar-refractivity contribution in [3.63, 3.8) is 0 Å². The first-order chi connectivity index (χ1) is 10.8. The Hall–Kier alpha value is -2.08. The predicted octanol–water partition coefficient (Wildman–Crippen LogP) is 1.88. The molecule has 0 radical (unpaired) electrons. The van der Waals surface area contributed by atoms with Crippen LogP contribution in [0, 0.1) is 11.8 Å². The van der Waals surface area contributed by atoms with Gasteiger partial charge in [-0.1, -0.05) is 25.4 Å². The van der Waals surface area contributed by atoms with Gasteiger partial charge >= 0.3 is 11.8 Å². The number of hydrogen-bond acceptors (Lipinski definition) is 3. The van der Waals surface area contributed by atoms with Gasteiger partial charge in [0.25, 0.3) is 5.91 Å². The maximum absolute atomic E-state index is 12.8. The summed E-state index contributed by atoms with van der Waals surface area (Å²) in [5, 5.41) is 2.74. The zero-order valence-corrected chi connectivity index (χ0v) is 13.9. The molecule has 1 aliphatic heterocycles. The van der Waals surface area contributed by atoms with Crippen molar-refractivity contribution in [3.8, 4) is 0 Å². The Kier molecular flexibility index (Phi) is 5.26. The molecular weight excluding hydrogens is 318 g/mol. The number of carbonyl (C=O) groups excluding carboxylic acids is 3. The van der Waals surface area contributed by atoms with Crippen LogP contribution >= 0.6 is 11.6 Å². The average Bonchev–Trinajstić information content (AvgIpc) is 2.47. The molecule has 0 spiro atoms. The fraction of sp³-hybridized carbons (Fsp3) is 0.438.